The van der Waals surface area contributed by atoms with E-state index in [0.717, 1.165) is 39.0 Å². The van der Waals surface area contributed by atoms with Crippen molar-refractivity contribution in [3.8, 4) is 22.3 Å². The fourth-order valence-corrected chi connectivity index (χ4v) is 11.1. The van der Waals surface area contributed by atoms with E-state index in [-0.39, 0.29) is 0 Å². The van der Waals surface area contributed by atoms with Gasteiger partial charge in [-0.2, -0.15) is 0 Å². The summed E-state index contributed by atoms with van der Waals surface area (Å²) in [6.07, 6.45) is 0. The fourth-order valence-electron chi connectivity index (χ4n) is 9.90. The first kappa shape index (κ1) is 34.2. The van der Waals surface area contributed by atoms with E-state index in [2.05, 4.69) is 217 Å². The van der Waals surface area contributed by atoms with E-state index in [1.807, 2.05) is 11.3 Å². The zero-order valence-corrected chi connectivity index (χ0v) is 33.8. The third kappa shape index (κ3) is 5.28. The minimum absolute atomic E-state index is 0.855. The highest BCUT2D eigenvalue weighted by molar-refractivity contribution is 7.26. The lowest BCUT2D eigenvalue weighted by atomic mass is 9.87. The van der Waals surface area contributed by atoms with Crippen molar-refractivity contribution in [3.05, 3.63) is 212 Å². The number of benzene rings is 11. The van der Waals surface area contributed by atoms with Gasteiger partial charge in [0.1, 0.15) is 11.2 Å². The van der Waals surface area contributed by atoms with Crippen LogP contribution in [0.3, 0.4) is 0 Å². The van der Waals surface area contributed by atoms with Crippen molar-refractivity contribution in [1.82, 2.24) is 0 Å². The van der Waals surface area contributed by atoms with Crippen molar-refractivity contribution >= 4 is 114 Å². The van der Waals surface area contributed by atoms with Crippen molar-refractivity contribution in [2.45, 2.75) is 0 Å². The Bertz CT molecular complexity index is 3890. The molecule has 0 amide bonds. The lowest BCUT2D eigenvalue weighted by molar-refractivity contribution is 0.669. The molecule has 0 bridgehead atoms. The lowest BCUT2D eigenvalue weighted by Gasteiger charge is -2.26. The molecule has 0 radical (unpaired) electrons. The van der Waals surface area contributed by atoms with Crippen molar-refractivity contribution in [3.63, 3.8) is 0 Å². The predicted octanol–water partition coefficient (Wildman–Crippen LogP) is 17.4. The number of anilines is 3. The van der Waals surface area contributed by atoms with Crippen molar-refractivity contribution in [2.24, 2.45) is 0 Å². The Morgan fingerprint density at radius 1 is 0.328 bits per heavy atom. The average Bonchev–Trinajstić information content (AvgIpc) is 3.90. The van der Waals surface area contributed by atoms with E-state index in [1.54, 1.807) is 0 Å². The number of nitrogens with zero attached hydrogens (tertiary/aromatic N) is 1. The average molecular weight is 794 g/mol. The van der Waals surface area contributed by atoms with E-state index in [4.69, 9.17) is 4.42 Å². The van der Waals surface area contributed by atoms with Crippen LogP contribution in [0.5, 0.6) is 0 Å². The molecule has 0 unspecified atom stereocenters. The van der Waals surface area contributed by atoms with Crippen LogP contribution < -0.4 is 4.90 Å². The molecule has 11 aromatic carbocycles. The standard InChI is InChI=1S/C58H35NOS/c1-2-16-40(17-3-1)59(41-18-10-15-38(33-41)45-22-11-24-49-46-21-8-9-26-54(46)61-58(45)49)42-30-32-50-53(35-42)60-52-25-12-23-47(56(50)52)51-34-39-28-27-36-13-4-6-19-43(36)55(39)57-44-20-7-5-14-37(44)29-31-48(51)57/h1-35H. The Morgan fingerprint density at radius 2 is 0.967 bits per heavy atom. The fraction of sp³-hybridized carbons (Fsp3) is 0. The third-order valence-corrected chi connectivity index (χ3v) is 13.8. The van der Waals surface area contributed by atoms with E-state index in [0.29, 0.717) is 0 Å². The second-order valence-corrected chi connectivity index (χ2v) is 17.0. The first-order valence-electron chi connectivity index (χ1n) is 20.8. The minimum Gasteiger partial charge on any atom is -0.456 e. The van der Waals surface area contributed by atoms with Crippen LogP contribution in [-0.2, 0) is 0 Å². The van der Waals surface area contributed by atoms with E-state index in [9.17, 15) is 0 Å². The number of hydrogen-bond donors (Lipinski definition) is 0. The molecule has 2 heterocycles. The van der Waals surface area contributed by atoms with Crippen molar-refractivity contribution < 1.29 is 4.42 Å². The molecule has 13 aromatic rings. The Balaban J connectivity index is 0.999. The molecule has 0 saturated carbocycles. The molecule has 0 aliphatic heterocycles. The highest BCUT2D eigenvalue weighted by atomic mass is 32.1. The first-order valence-corrected chi connectivity index (χ1v) is 21.6. The Morgan fingerprint density at radius 3 is 1.84 bits per heavy atom. The van der Waals surface area contributed by atoms with Crippen LogP contribution in [-0.4, -0.2) is 0 Å². The molecule has 284 valence electrons. The largest absolute Gasteiger partial charge is 0.456 e. The second-order valence-electron chi connectivity index (χ2n) is 16.0. The molecule has 61 heavy (non-hydrogen) atoms. The van der Waals surface area contributed by atoms with Crippen LogP contribution in [0.1, 0.15) is 0 Å². The molecular weight excluding hydrogens is 759 g/mol. The predicted molar refractivity (Wildman–Crippen MR) is 262 cm³/mol. The zero-order chi connectivity index (χ0) is 40.0. The summed E-state index contributed by atoms with van der Waals surface area (Å²) in [4.78, 5) is 2.34. The van der Waals surface area contributed by atoms with Crippen LogP contribution in [0, 0.1) is 0 Å². The van der Waals surface area contributed by atoms with Crippen LogP contribution in [0.25, 0.3) is 107 Å². The van der Waals surface area contributed by atoms with Gasteiger partial charge in [0.2, 0.25) is 0 Å². The van der Waals surface area contributed by atoms with Gasteiger partial charge < -0.3 is 9.32 Å². The molecule has 2 aromatic heterocycles. The monoisotopic (exact) mass is 793 g/mol. The van der Waals surface area contributed by atoms with Gasteiger partial charge in [0.05, 0.1) is 0 Å². The van der Waals surface area contributed by atoms with Crippen molar-refractivity contribution in [1.29, 1.82) is 0 Å². The van der Waals surface area contributed by atoms with Gasteiger partial charge in [-0.25, -0.2) is 0 Å². The number of hydrogen-bond acceptors (Lipinski definition) is 3. The van der Waals surface area contributed by atoms with Crippen LogP contribution >= 0.6 is 11.3 Å². The van der Waals surface area contributed by atoms with Crippen LogP contribution in [0.2, 0.25) is 0 Å². The maximum atomic E-state index is 6.85. The zero-order valence-electron chi connectivity index (χ0n) is 33.0. The van der Waals surface area contributed by atoms with Gasteiger partial charge in [0.25, 0.3) is 0 Å². The number of thiophene rings is 1. The van der Waals surface area contributed by atoms with Crippen LogP contribution in [0.4, 0.5) is 17.1 Å². The summed E-state index contributed by atoms with van der Waals surface area (Å²) in [5, 5.41) is 14.9. The van der Waals surface area contributed by atoms with E-state index >= 15 is 0 Å². The van der Waals surface area contributed by atoms with Gasteiger partial charge in [-0.15, -0.1) is 11.3 Å². The molecule has 0 fully saturated rings. The topological polar surface area (TPSA) is 16.4 Å². The number of fused-ring (bicyclic) bond motifs is 13. The molecule has 0 atom stereocenters. The summed E-state index contributed by atoms with van der Waals surface area (Å²) in [7, 11) is 0. The number of rotatable bonds is 5. The van der Waals surface area contributed by atoms with Crippen LogP contribution in [0.15, 0.2) is 217 Å². The normalized spacial score (nSPS) is 11.9. The summed E-state index contributed by atoms with van der Waals surface area (Å²) in [6.45, 7) is 0. The Kier molecular flexibility index (Phi) is 7.51. The smallest absolute Gasteiger partial charge is 0.137 e. The number of para-hydroxylation sites is 1. The molecule has 0 aliphatic carbocycles. The molecule has 0 spiro atoms. The highest BCUT2D eigenvalue weighted by Crippen LogP contribution is 2.47. The SMILES string of the molecule is c1ccc(N(c2cccc(-c3cccc4c3sc3ccccc34)c2)c2ccc3c(c2)oc2cccc(-c4cc5ccc6ccccc6c5c5c4ccc4ccccc45)c23)cc1. The lowest BCUT2D eigenvalue weighted by Crippen LogP contribution is -2.09. The van der Waals surface area contributed by atoms with Crippen molar-refractivity contribution in [2.75, 3.05) is 4.90 Å². The van der Waals surface area contributed by atoms with Gasteiger partial charge in [0, 0.05) is 54.1 Å². The molecule has 0 aliphatic rings. The first-order chi connectivity index (χ1) is 30.2. The number of furan rings is 1. The maximum absolute atomic E-state index is 6.85. The summed E-state index contributed by atoms with van der Waals surface area (Å²) in [5.74, 6) is 0. The highest BCUT2D eigenvalue weighted by Gasteiger charge is 2.21. The maximum Gasteiger partial charge on any atom is 0.137 e. The molecule has 0 saturated heterocycles. The Hall–Kier alpha value is -7.72. The molecule has 0 N–H and O–H groups in total. The van der Waals surface area contributed by atoms with Gasteiger partial charge in [-0.1, -0.05) is 152 Å². The van der Waals surface area contributed by atoms with Gasteiger partial charge in [-0.05, 0) is 120 Å². The Labute approximate surface area is 355 Å². The van der Waals surface area contributed by atoms with Gasteiger partial charge in [0.15, 0.2) is 0 Å². The summed E-state index contributed by atoms with van der Waals surface area (Å²) in [6, 6.07) is 77.3. The minimum atomic E-state index is 0.855. The summed E-state index contributed by atoms with van der Waals surface area (Å²) < 4.78 is 9.47. The third-order valence-electron chi connectivity index (χ3n) is 12.6. The quantitative estimate of drug-likeness (QED) is 0.161. The molecular formula is C58H35NOS. The van der Waals surface area contributed by atoms with E-state index in [1.165, 1.54) is 85.5 Å². The molecule has 13 rings (SSSR count). The molecule has 2 nitrogen and oxygen atoms in total. The second kappa shape index (κ2) is 13.4. The summed E-state index contributed by atoms with van der Waals surface area (Å²) in [5.41, 5.74) is 9.74. The summed E-state index contributed by atoms with van der Waals surface area (Å²) >= 11 is 1.87. The van der Waals surface area contributed by atoms with Gasteiger partial charge in [-0.3, -0.25) is 0 Å². The molecule has 3 heteroatoms. The van der Waals surface area contributed by atoms with E-state index < -0.39 is 0 Å². The van der Waals surface area contributed by atoms with Gasteiger partial charge >= 0.3 is 0 Å².